The molecule has 0 radical (unpaired) electrons. The molecule has 2 heterocycles. The van der Waals surface area contributed by atoms with Crippen molar-refractivity contribution in [1.82, 2.24) is 14.8 Å². The van der Waals surface area contributed by atoms with Gasteiger partial charge in [0.05, 0.1) is 12.2 Å². The van der Waals surface area contributed by atoms with Crippen molar-refractivity contribution in [3.8, 4) is 11.5 Å². The third kappa shape index (κ3) is 6.46. The van der Waals surface area contributed by atoms with Gasteiger partial charge in [0.25, 0.3) is 5.91 Å². The predicted octanol–water partition coefficient (Wildman–Crippen LogP) is 7.30. The fourth-order valence-corrected chi connectivity index (χ4v) is 5.63. The van der Waals surface area contributed by atoms with Crippen LogP contribution in [-0.2, 0) is 11.4 Å². The van der Waals surface area contributed by atoms with E-state index < -0.39 is 6.04 Å². The highest BCUT2D eigenvalue weighted by Gasteiger charge is 2.35. The van der Waals surface area contributed by atoms with Crippen molar-refractivity contribution in [2.45, 2.75) is 58.8 Å². The first-order valence-electron chi connectivity index (χ1n) is 14.3. The van der Waals surface area contributed by atoms with Crippen molar-refractivity contribution < 1.29 is 14.3 Å². The van der Waals surface area contributed by atoms with Crippen molar-refractivity contribution in [1.29, 1.82) is 0 Å². The summed E-state index contributed by atoms with van der Waals surface area (Å²) in [6.45, 7) is 10.9. The maximum absolute atomic E-state index is 14.0. The molecule has 1 aromatic heterocycles. The second-order valence-electron chi connectivity index (χ2n) is 10.3. The van der Waals surface area contributed by atoms with Gasteiger partial charge in [-0.25, -0.2) is 4.68 Å². The summed E-state index contributed by atoms with van der Waals surface area (Å²) < 4.78 is 14.0. The second-order valence-corrected chi connectivity index (χ2v) is 11.3. The summed E-state index contributed by atoms with van der Waals surface area (Å²) in [5, 5.41) is 12.0. The molecule has 1 aliphatic heterocycles. The molecule has 0 aliphatic carbocycles. The molecule has 0 saturated heterocycles. The summed E-state index contributed by atoms with van der Waals surface area (Å²) >= 11 is 1.60. The lowest BCUT2D eigenvalue weighted by atomic mass is 9.94. The summed E-state index contributed by atoms with van der Waals surface area (Å²) in [7, 11) is 0. The Labute approximate surface area is 251 Å². The first-order chi connectivity index (χ1) is 20.4. The molecule has 2 N–H and O–H groups in total. The Morgan fingerprint density at radius 1 is 1.00 bits per heavy atom. The van der Waals surface area contributed by atoms with E-state index in [4.69, 9.17) is 19.6 Å². The average Bonchev–Trinajstić information content (AvgIpc) is 3.39. The van der Waals surface area contributed by atoms with Crippen LogP contribution in [0.5, 0.6) is 11.5 Å². The minimum atomic E-state index is -0.530. The molecule has 1 amide bonds. The molecule has 9 heteroatoms. The van der Waals surface area contributed by atoms with Gasteiger partial charge in [-0.05, 0) is 69.0 Å². The van der Waals surface area contributed by atoms with Gasteiger partial charge < -0.3 is 20.1 Å². The fraction of sp³-hybridized carbons (Fsp3) is 0.303. The van der Waals surface area contributed by atoms with Gasteiger partial charge in [-0.2, -0.15) is 4.98 Å². The van der Waals surface area contributed by atoms with Crippen LogP contribution in [0.25, 0.3) is 0 Å². The number of hydrogen-bond donors (Lipinski definition) is 2. The minimum Gasteiger partial charge on any atom is -0.490 e. The standard InChI is InChI=1S/C33H37N5O3S/c1-6-17-42-33-36-32-34-23(5)29(31(39)35-26-15-13-21(3)18-22(26)4)30(38(32)37-33)25-14-16-27(28(19-25)40-7-2)41-20-24-11-9-8-10-12-24/h8-16,18-19,30H,6-7,17,20H2,1-5H3,(H,35,39)(H,34,36,37). The SMILES string of the molecule is CCCSc1nc2n(n1)C(c1ccc(OCc3ccccc3)c(OCC)c1)C(C(=O)Nc1ccc(C)cc1C)=C(C)N2. The third-order valence-corrected chi connectivity index (χ3v) is 8.01. The Balaban J connectivity index is 1.54. The second kappa shape index (κ2) is 13.2. The van der Waals surface area contributed by atoms with Crippen LogP contribution in [0.3, 0.4) is 0 Å². The van der Waals surface area contributed by atoms with Crippen LogP contribution < -0.4 is 20.1 Å². The van der Waals surface area contributed by atoms with Crippen LogP contribution in [-0.4, -0.2) is 33.0 Å². The highest BCUT2D eigenvalue weighted by Crippen LogP contribution is 2.40. The smallest absolute Gasteiger partial charge is 0.255 e. The number of amides is 1. The highest BCUT2D eigenvalue weighted by molar-refractivity contribution is 7.99. The summed E-state index contributed by atoms with van der Waals surface area (Å²) in [5.41, 5.74) is 6.09. The molecule has 0 spiro atoms. The maximum Gasteiger partial charge on any atom is 0.255 e. The lowest BCUT2D eigenvalue weighted by Gasteiger charge is -2.29. The molecule has 1 aliphatic rings. The van der Waals surface area contributed by atoms with E-state index in [1.54, 1.807) is 16.4 Å². The molecular weight excluding hydrogens is 546 g/mol. The Hall–Kier alpha value is -4.24. The number of rotatable bonds is 11. The topological polar surface area (TPSA) is 90.3 Å². The molecule has 0 saturated carbocycles. The summed E-state index contributed by atoms with van der Waals surface area (Å²) in [6.07, 6.45) is 1.01. The number of benzene rings is 3. The van der Waals surface area contributed by atoms with E-state index in [-0.39, 0.29) is 5.91 Å². The predicted molar refractivity (Wildman–Crippen MR) is 168 cm³/mol. The van der Waals surface area contributed by atoms with Crippen molar-refractivity contribution in [3.63, 3.8) is 0 Å². The largest absolute Gasteiger partial charge is 0.490 e. The van der Waals surface area contributed by atoms with Crippen molar-refractivity contribution >= 4 is 29.3 Å². The van der Waals surface area contributed by atoms with Gasteiger partial charge in [-0.3, -0.25) is 4.79 Å². The van der Waals surface area contributed by atoms with E-state index in [0.717, 1.165) is 45.8 Å². The Kier molecular flexibility index (Phi) is 9.17. The van der Waals surface area contributed by atoms with Gasteiger partial charge in [-0.15, -0.1) is 5.10 Å². The number of anilines is 2. The molecule has 8 nitrogen and oxygen atoms in total. The lowest BCUT2D eigenvalue weighted by molar-refractivity contribution is -0.113. The molecule has 1 unspecified atom stereocenters. The molecule has 4 aromatic rings. The molecule has 5 rings (SSSR count). The van der Waals surface area contributed by atoms with Crippen molar-refractivity contribution in [2.24, 2.45) is 0 Å². The van der Waals surface area contributed by atoms with Gasteiger partial charge in [-0.1, -0.05) is 72.8 Å². The van der Waals surface area contributed by atoms with Gasteiger partial charge in [0.1, 0.15) is 12.6 Å². The van der Waals surface area contributed by atoms with Crippen molar-refractivity contribution in [2.75, 3.05) is 23.0 Å². The third-order valence-electron chi connectivity index (χ3n) is 6.96. The minimum absolute atomic E-state index is 0.205. The van der Waals surface area contributed by atoms with E-state index in [0.29, 0.717) is 41.4 Å². The monoisotopic (exact) mass is 583 g/mol. The summed E-state index contributed by atoms with van der Waals surface area (Å²) in [4.78, 5) is 18.7. The first-order valence-corrected chi connectivity index (χ1v) is 15.3. The normalized spacial score (nSPS) is 14.3. The quantitative estimate of drug-likeness (QED) is 0.179. The zero-order chi connectivity index (χ0) is 29.6. The number of carbonyl (C=O) groups is 1. The number of aryl methyl sites for hydroxylation is 2. The molecule has 3 aromatic carbocycles. The molecule has 1 atom stereocenters. The Bertz CT molecular complexity index is 1600. The number of fused-ring (bicyclic) bond motifs is 1. The Morgan fingerprint density at radius 2 is 1.81 bits per heavy atom. The van der Waals surface area contributed by atoms with E-state index in [1.165, 1.54) is 0 Å². The lowest BCUT2D eigenvalue weighted by Crippen LogP contribution is -2.31. The molecule has 218 valence electrons. The zero-order valence-electron chi connectivity index (χ0n) is 24.7. The number of thioether (sulfide) groups is 1. The summed E-state index contributed by atoms with van der Waals surface area (Å²) in [5.74, 6) is 2.55. The van der Waals surface area contributed by atoms with E-state index >= 15 is 0 Å². The van der Waals surface area contributed by atoms with Crippen LogP contribution in [0.2, 0.25) is 0 Å². The van der Waals surface area contributed by atoms with Crippen molar-refractivity contribution in [3.05, 3.63) is 100 Å². The fourth-order valence-electron chi connectivity index (χ4n) is 4.95. The van der Waals surface area contributed by atoms with Crippen LogP contribution >= 0.6 is 11.8 Å². The van der Waals surface area contributed by atoms with E-state index in [9.17, 15) is 4.79 Å². The number of allylic oxidation sites excluding steroid dienone is 1. The molecule has 0 fully saturated rings. The first kappa shape index (κ1) is 29.3. The molecule has 42 heavy (non-hydrogen) atoms. The number of carbonyl (C=O) groups excluding carboxylic acids is 1. The van der Waals surface area contributed by atoms with E-state index in [1.807, 2.05) is 88.4 Å². The van der Waals surface area contributed by atoms with Crippen LogP contribution in [0.4, 0.5) is 11.6 Å². The number of nitrogens with one attached hydrogen (secondary N) is 2. The van der Waals surface area contributed by atoms with Gasteiger partial charge in [0.15, 0.2) is 11.5 Å². The summed E-state index contributed by atoms with van der Waals surface area (Å²) in [6, 6.07) is 21.3. The Morgan fingerprint density at radius 3 is 2.55 bits per heavy atom. The molecular formula is C33H37N5O3S. The van der Waals surface area contributed by atoms with Gasteiger partial charge >= 0.3 is 0 Å². The number of aromatic nitrogens is 3. The van der Waals surface area contributed by atoms with Crippen LogP contribution in [0.15, 0.2) is 83.2 Å². The number of ether oxygens (including phenoxy) is 2. The van der Waals surface area contributed by atoms with Gasteiger partial charge in [0, 0.05) is 17.1 Å². The molecule has 0 bridgehead atoms. The van der Waals surface area contributed by atoms with Crippen LogP contribution in [0, 0.1) is 13.8 Å². The van der Waals surface area contributed by atoms with E-state index in [2.05, 4.69) is 23.6 Å². The maximum atomic E-state index is 14.0. The highest BCUT2D eigenvalue weighted by atomic mass is 32.2. The van der Waals surface area contributed by atoms with Gasteiger partial charge in [0.2, 0.25) is 11.1 Å². The number of hydrogen-bond acceptors (Lipinski definition) is 7. The number of nitrogens with zero attached hydrogens (tertiary/aromatic N) is 3. The average molecular weight is 584 g/mol. The zero-order valence-corrected chi connectivity index (χ0v) is 25.5. The van der Waals surface area contributed by atoms with Crippen LogP contribution in [0.1, 0.15) is 55.5 Å².